The van der Waals surface area contributed by atoms with Crippen LogP contribution < -0.4 is 11.5 Å². The highest BCUT2D eigenvalue weighted by Gasteiger charge is 2.30. The number of carbonyl (C=O) groups excluding carboxylic acids is 2. The summed E-state index contributed by atoms with van der Waals surface area (Å²) in [4.78, 5) is 25.0. The number of benzene rings is 1. The van der Waals surface area contributed by atoms with Gasteiger partial charge >= 0.3 is 0 Å². The van der Waals surface area contributed by atoms with Crippen LogP contribution in [0.1, 0.15) is 16.8 Å². The minimum absolute atomic E-state index is 0.00324. The first-order chi connectivity index (χ1) is 9.68. The molecule has 1 aliphatic rings. The fourth-order valence-electron chi connectivity index (χ4n) is 2.32. The van der Waals surface area contributed by atoms with Crippen molar-refractivity contribution in [3.63, 3.8) is 0 Å². The number of hydrogen-bond acceptors (Lipinski definition) is 5. The van der Waals surface area contributed by atoms with Crippen LogP contribution in [-0.2, 0) is 14.6 Å². The van der Waals surface area contributed by atoms with E-state index < -0.39 is 15.7 Å². The van der Waals surface area contributed by atoms with Crippen LogP contribution in [0.15, 0.2) is 23.1 Å². The second kappa shape index (κ2) is 5.36. The molecule has 1 saturated heterocycles. The molecular formula is C13H17N3O4S. The van der Waals surface area contributed by atoms with E-state index in [-0.39, 0.29) is 34.5 Å². The van der Waals surface area contributed by atoms with Crippen molar-refractivity contribution in [2.24, 2.45) is 11.7 Å². The number of sulfone groups is 1. The number of primary amides is 1. The molecular weight excluding hydrogens is 294 g/mol. The van der Waals surface area contributed by atoms with Crippen LogP contribution in [0, 0.1) is 5.92 Å². The van der Waals surface area contributed by atoms with Crippen molar-refractivity contribution < 1.29 is 18.0 Å². The zero-order valence-electron chi connectivity index (χ0n) is 11.6. The van der Waals surface area contributed by atoms with Crippen LogP contribution in [0.5, 0.6) is 0 Å². The Morgan fingerprint density at radius 3 is 2.48 bits per heavy atom. The lowest BCUT2D eigenvalue weighted by Crippen LogP contribution is -2.31. The van der Waals surface area contributed by atoms with Crippen LogP contribution in [0.4, 0.5) is 5.69 Å². The van der Waals surface area contributed by atoms with Gasteiger partial charge in [-0.15, -0.1) is 0 Å². The van der Waals surface area contributed by atoms with Crippen molar-refractivity contribution in [3.8, 4) is 0 Å². The highest BCUT2D eigenvalue weighted by atomic mass is 32.2. The first kappa shape index (κ1) is 15.3. The molecule has 114 valence electrons. The Hall–Kier alpha value is -2.09. The zero-order chi connectivity index (χ0) is 15.8. The highest BCUT2D eigenvalue weighted by Crippen LogP contribution is 2.22. The topological polar surface area (TPSA) is 124 Å². The normalized spacial score (nSPS) is 18.7. The molecule has 0 radical (unpaired) electrons. The van der Waals surface area contributed by atoms with E-state index in [0.29, 0.717) is 13.0 Å². The third kappa shape index (κ3) is 3.33. The molecule has 4 N–H and O–H groups in total. The quantitative estimate of drug-likeness (QED) is 0.736. The average molecular weight is 311 g/mol. The number of amides is 2. The van der Waals surface area contributed by atoms with Gasteiger partial charge in [-0.1, -0.05) is 0 Å². The van der Waals surface area contributed by atoms with E-state index in [4.69, 9.17) is 11.5 Å². The molecule has 1 aromatic rings. The van der Waals surface area contributed by atoms with E-state index in [1.807, 2.05) is 0 Å². The Labute approximate surface area is 122 Å². The van der Waals surface area contributed by atoms with Gasteiger partial charge in [-0.3, -0.25) is 9.59 Å². The molecule has 1 aliphatic heterocycles. The maximum atomic E-state index is 12.4. The average Bonchev–Trinajstić information content (AvgIpc) is 2.85. The van der Waals surface area contributed by atoms with E-state index in [9.17, 15) is 18.0 Å². The highest BCUT2D eigenvalue weighted by molar-refractivity contribution is 7.90. The number of likely N-dealkylation sites (tertiary alicyclic amines) is 1. The summed E-state index contributed by atoms with van der Waals surface area (Å²) in [7, 11) is -3.45. The van der Waals surface area contributed by atoms with Crippen LogP contribution in [0.25, 0.3) is 0 Å². The Morgan fingerprint density at radius 1 is 1.29 bits per heavy atom. The molecule has 1 fully saturated rings. The molecule has 7 nitrogen and oxygen atoms in total. The number of hydrogen-bond donors (Lipinski definition) is 2. The first-order valence-electron chi connectivity index (χ1n) is 6.37. The molecule has 1 aromatic carbocycles. The number of nitrogens with two attached hydrogens (primary N) is 2. The lowest BCUT2D eigenvalue weighted by atomic mass is 10.1. The third-order valence-electron chi connectivity index (χ3n) is 3.48. The number of nitrogens with zero attached hydrogens (tertiary/aromatic N) is 1. The molecule has 8 heteroatoms. The Morgan fingerprint density at radius 2 is 1.95 bits per heavy atom. The van der Waals surface area contributed by atoms with Crippen LogP contribution in [0.2, 0.25) is 0 Å². The molecule has 0 saturated carbocycles. The van der Waals surface area contributed by atoms with Gasteiger partial charge in [0.1, 0.15) is 0 Å². The fraction of sp³-hybridized carbons (Fsp3) is 0.385. The van der Waals surface area contributed by atoms with Crippen molar-refractivity contribution >= 4 is 27.3 Å². The summed E-state index contributed by atoms with van der Waals surface area (Å²) in [5.74, 6) is -1.14. The predicted molar refractivity (Wildman–Crippen MR) is 77.2 cm³/mol. The number of carbonyl (C=O) groups is 2. The molecule has 0 spiro atoms. The SMILES string of the molecule is CS(=O)(=O)c1cc(N)cc(C(=O)N2CCC(C(N)=O)C2)c1. The Kier molecular flexibility index (Phi) is 3.91. The molecule has 21 heavy (non-hydrogen) atoms. The van der Waals surface area contributed by atoms with Crippen molar-refractivity contribution in [2.75, 3.05) is 25.1 Å². The molecule has 0 bridgehead atoms. The van der Waals surface area contributed by atoms with Gasteiger partial charge in [-0.05, 0) is 24.6 Å². The summed E-state index contributed by atoms with van der Waals surface area (Å²) >= 11 is 0. The summed E-state index contributed by atoms with van der Waals surface area (Å²) in [6.45, 7) is 0.659. The number of rotatable bonds is 3. The molecule has 1 unspecified atom stereocenters. The molecule has 1 heterocycles. The number of nitrogen functional groups attached to an aromatic ring is 1. The molecule has 2 rings (SSSR count). The van der Waals surface area contributed by atoms with Gasteiger partial charge < -0.3 is 16.4 Å². The van der Waals surface area contributed by atoms with Crippen LogP contribution in [-0.4, -0.2) is 44.5 Å². The predicted octanol–water partition coefficient (Wildman–Crippen LogP) is -0.380. The maximum absolute atomic E-state index is 12.4. The first-order valence-corrected chi connectivity index (χ1v) is 8.27. The monoisotopic (exact) mass is 311 g/mol. The van der Waals surface area contributed by atoms with Gasteiger partial charge in [0.15, 0.2) is 9.84 Å². The van der Waals surface area contributed by atoms with Crippen LogP contribution in [0.3, 0.4) is 0 Å². The van der Waals surface area contributed by atoms with Crippen LogP contribution >= 0.6 is 0 Å². The minimum Gasteiger partial charge on any atom is -0.399 e. The largest absolute Gasteiger partial charge is 0.399 e. The lowest BCUT2D eigenvalue weighted by Gasteiger charge is -2.16. The standard InChI is InChI=1S/C13H17N3O4S/c1-21(19,20)11-5-9(4-10(14)6-11)13(18)16-3-2-8(7-16)12(15)17/h4-6,8H,2-3,7,14H2,1H3,(H2,15,17). The van der Waals surface area contributed by atoms with E-state index in [1.54, 1.807) is 0 Å². The molecule has 0 aromatic heterocycles. The summed E-state index contributed by atoms with van der Waals surface area (Å²) in [6, 6.07) is 4.03. The molecule has 2 amide bonds. The van der Waals surface area contributed by atoms with Gasteiger partial charge in [0.25, 0.3) is 5.91 Å². The van der Waals surface area contributed by atoms with Gasteiger partial charge in [0.05, 0.1) is 10.8 Å². The molecule has 1 atom stereocenters. The summed E-state index contributed by atoms with van der Waals surface area (Å²) in [5.41, 5.74) is 11.3. The van der Waals surface area contributed by atoms with Crippen molar-refractivity contribution in [3.05, 3.63) is 23.8 Å². The molecule has 0 aliphatic carbocycles. The van der Waals surface area contributed by atoms with E-state index in [1.165, 1.54) is 23.1 Å². The summed E-state index contributed by atoms with van der Waals surface area (Å²) < 4.78 is 23.2. The van der Waals surface area contributed by atoms with Crippen molar-refractivity contribution in [2.45, 2.75) is 11.3 Å². The van der Waals surface area contributed by atoms with Crippen molar-refractivity contribution in [1.29, 1.82) is 0 Å². The second-order valence-electron chi connectivity index (χ2n) is 5.20. The lowest BCUT2D eigenvalue weighted by molar-refractivity contribution is -0.121. The van der Waals surface area contributed by atoms with E-state index in [2.05, 4.69) is 0 Å². The maximum Gasteiger partial charge on any atom is 0.253 e. The summed E-state index contributed by atoms with van der Waals surface area (Å²) in [5, 5.41) is 0. The minimum atomic E-state index is -3.45. The smallest absolute Gasteiger partial charge is 0.253 e. The Balaban J connectivity index is 2.28. The summed E-state index contributed by atoms with van der Waals surface area (Å²) in [6.07, 6.45) is 1.57. The van der Waals surface area contributed by atoms with Gasteiger partial charge in [-0.25, -0.2) is 8.42 Å². The fourth-order valence-corrected chi connectivity index (χ4v) is 3.01. The zero-order valence-corrected chi connectivity index (χ0v) is 12.4. The van der Waals surface area contributed by atoms with Crippen molar-refractivity contribution in [1.82, 2.24) is 4.90 Å². The Bertz CT molecular complexity index is 699. The van der Waals surface area contributed by atoms with E-state index >= 15 is 0 Å². The van der Waals surface area contributed by atoms with Gasteiger partial charge in [-0.2, -0.15) is 0 Å². The second-order valence-corrected chi connectivity index (χ2v) is 7.22. The van der Waals surface area contributed by atoms with E-state index in [0.717, 1.165) is 6.26 Å². The van der Waals surface area contributed by atoms with Gasteiger partial charge in [0.2, 0.25) is 5.91 Å². The third-order valence-corrected chi connectivity index (χ3v) is 4.57. The van der Waals surface area contributed by atoms with Gasteiger partial charge in [0, 0.05) is 30.6 Å². The number of anilines is 1.